The second-order valence-electron chi connectivity index (χ2n) is 10.6. The zero-order valence-corrected chi connectivity index (χ0v) is 24.0. The molecule has 0 fully saturated rings. The van der Waals surface area contributed by atoms with Gasteiger partial charge in [0.25, 0.3) is 0 Å². The Bertz CT molecular complexity index is 1250. The van der Waals surface area contributed by atoms with Gasteiger partial charge in [0.2, 0.25) is 24.1 Å². The lowest BCUT2D eigenvalue weighted by Gasteiger charge is -2.26. The van der Waals surface area contributed by atoms with Crippen molar-refractivity contribution in [1.82, 2.24) is 40.0 Å². The lowest BCUT2D eigenvalue weighted by molar-refractivity contribution is -0.142. The number of nitrogens with one attached hydrogen (secondary N) is 3. The van der Waals surface area contributed by atoms with Crippen molar-refractivity contribution in [3.05, 3.63) is 36.4 Å². The SMILES string of the molecule is CC(C)(C)C(=O)CN(Cc1nccn1CC(=O)NCCNC=O)Cc1nccn1CC(=O)N[C@@H](CCC(N)=O)C(=O)O. The maximum Gasteiger partial charge on any atom is 0.326 e. The largest absolute Gasteiger partial charge is 0.480 e. The van der Waals surface area contributed by atoms with E-state index in [4.69, 9.17) is 5.73 Å². The molecule has 0 spiro atoms. The van der Waals surface area contributed by atoms with Crippen molar-refractivity contribution in [2.45, 2.75) is 65.8 Å². The van der Waals surface area contributed by atoms with Crippen LogP contribution in [0.1, 0.15) is 45.3 Å². The van der Waals surface area contributed by atoms with Crippen molar-refractivity contribution in [2.24, 2.45) is 11.1 Å². The molecule has 0 bridgehead atoms. The standard InChI is InChI=1S/C26H39N9O7/c1-26(2,3)19(37)12-33(13-21-29-8-10-34(21)15-23(39)31-7-6-28-17-36)14-22-30-9-11-35(22)16-24(40)32-18(25(41)42)4-5-20(27)38/h8-11,17-18H,4-7,12-16H2,1-3H3,(H2,27,38)(H,28,36)(H,31,39)(H,32,40)(H,41,42)/t18-/m0/s1. The van der Waals surface area contributed by atoms with Crippen molar-refractivity contribution in [3.63, 3.8) is 0 Å². The van der Waals surface area contributed by atoms with Crippen molar-refractivity contribution in [3.8, 4) is 0 Å². The first-order valence-corrected chi connectivity index (χ1v) is 13.3. The topological polar surface area (TPSA) is 224 Å². The average molecular weight is 590 g/mol. The van der Waals surface area contributed by atoms with Crippen LogP contribution in [0.25, 0.3) is 0 Å². The summed E-state index contributed by atoms with van der Waals surface area (Å²) >= 11 is 0. The minimum Gasteiger partial charge on any atom is -0.480 e. The summed E-state index contributed by atoms with van der Waals surface area (Å²) in [5.41, 5.74) is 4.47. The average Bonchev–Trinajstić information content (AvgIpc) is 3.52. The van der Waals surface area contributed by atoms with Crippen LogP contribution >= 0.6 is 0 Å². The van der Waals surface area contributed by atoms with Crippen LogP contribution in [0.15, 0.2) is 24.8 Å². The summed E-state index contributed by atoms with van der Waals surface area (Å²) in [6.07, 6.45) is 6.44. The van der Waals surface area contributed by atoms with E-state index in [0.717, 1.165) is 0 Å². The Morgan fingerprint density at radius 3 is 2.07 bits per heavy atom. The van der Waals surface area contributed by atoms with Gasteiger partial charge in [-0.25, -0.2) is 14.8 Å². The summed E-state index contributed by atoms with van der Waals surface area (Å²) in [7, 11) is 0. The van der Waals surface area contributed by atoms with Gasteiger partial charge < -0.3 is 35.9 Å². The predicted molar refractivity (Wildman–Crippen MR) is 148 cm³/mol. The third-order valence-electron chi connectivity index (χ3n) is 6.15. The number of rotatable bonds is 19. The van der Waals surface area contributed by atoms with E-state index >= 15 is 0 Å². The highest BCUT2D eigenvalue weighted by Gasteiger charge is 2.26. The highest BCUT2D eigenvalue weighted by Crippen LogP contribution is 2.17. The Morgan fingerprint density at radius 2 is 1.57 bits per heavy atom. The van der Waals surface area contributed by atoms with E-state index in [-0.39, 0.29) is 63.8 Å². The number of ketones is 1. The number of aliphatic carboxylic acids is 1. The van der Waals surface area contributed by atoms with Crippen molar-refractivity contribution in [1.29, 1.82) is 0 Å². The molecular weight excluding hydrogens is 550 g/mol. The van der Waals surface area contributed by atoms with E-state index in [0.29, 0.717) is 24.6 Å². The van der Waals surface area contributed by atoms with Crippen molar-refractivity contribution in [2.75, 3.05) is 19.6 Å². The molecule has 0 saturated carbocycles. The van der Waals surface area contributed by atoms with E-state index in [1.165, 1.54) is 10.8 Å². The molecule has 0 saturated heterocycles. The van der Waals surface area contributed by atoms with Gasteiger partial charge in [0.05, 0.1) is 19.6 Å². The Balaban J connectivity index is 2.16. The minimum atomic E-state index is -1.29. The fraction of sp³-hybridized carbons (Fsp3) is 0.538. The van der Waals surface area contributed by atoms with Gasteiger partial charge in [-0.05, 0) is 6.42 Å². The molecule has 42 heavy (non-hydrogen) atoms. The van der Waals surface area contributed by atoms with Crippen LogP contribution in [-0.4, -0.2) is 90.7 Å². The van der Waals surface area contributed by atoms with Crippen LogP contribution in [0.2, 0.25) is 0 Å². The maximum atomic E-state index is 13.0. The lowest BCUT2D eigenvalue weighted by Crippen LogP contribution is -2.43. The summed E-state index contributed by atoms with van der Waals surface area (Å²) in [6.45, 7) is 6.07. The number of nitrogens with zero attached hydrogens (tertiary/aromatic N) is 5. The molecular formula is C26H39N9O7. The molecule has 0 aliphatic rings. The molecule has 230 valence electrons. The first kappa shape index (κ1) is 33.6. The van der Waals surface area contributed by atoms with Gasteiger partial charge >= 0.3 is 5.97 Å². The number of carbonyl (C=O) groups excluding carboxylic acids is 5. The predicted octanol–water partition coefficient (Wildman–Crippen LogP) is -1.61. The molecule has 16 nitrogen and oxygen atoms in total. The van der Waals surface area contributed by atoms with E-state index in [1.807, 2.05) is 0 Å². The Hall–Kier alpha value is -4.60. The molecule has 0 aromatic carbocycles. The highest BCUT2D eigenvalue weighted by atomic mass is 16.4. The number of hydrogen-bond donors (Lipinski definition) is 5. The van der Waals surface area contributed by atoms with Gasteiger partial charge in [-0.1, -0.05) is 20.8 Å². The molecule has 2 aromatic rings. The second kappa shape index (κ2) is 16.0. The number of carboxylic acids is 1. The molecule has 0 aliphatic carbocycles. The first-order chi connectivity index (χ1) is 19.8. The normalized spacial score (nSPS) is 12.0. The fourth-order valence-electron chi connectivity index (χ4n) is 3.76. The zero-order valence-electron chi connectivity index (χ0n) is 24.0. The molecule has 6 N–H and O–H groups in total. The number of primary amides is 1. The summed E-state index contributed by atoms with van der Waals surface area (Å²) < 4.78 is 3.18. The third-order valence-corrected chi connectivity index (χ3v) is 6.15. The zero-order chi connectivity index (χ0) is 31.3. The number of carbonyl (C=O) groups is 6. The monoisotopic (exact) mass is 589 g/mol. The van der Waals surface area contributed by atoms with Crippen molar-refractivity contribution >= 4 is 35.9 Å². The number of carboxylic acid groups (broad SMARTS) is 1. The third kappa shape index (κ3) is 11.5. The van der Waals surface area contributed by atoms with Crippen LogP contribution in [0.3, 0.4) is 0 Å². The van der Waals surface area contributed by atoms with Crippen LogP contribution in [0.4, 0.5) is 0 Å². The molecule has 2 aromatic heterocycles. The molecule has 4 amide bonds. The summed E-state index contributed by atoms with van der Waals surface area (Å²) in [6, 6.07) is -1.28. The Morgan fingerprint density at radius 1 is 1.00 bits per heavy atom. The quantitative estimate of drug-likeness (QED) is 0.0931. The molecule has 0 unspecified atom stereocenters. The Labute approximate surface area is 243 Å². The van der Waals surface area contributed by atoms with Gasteiger partial charge in [-0.3, -0.25) is 28.9 Å². The van der Waals surface area contributed by atoms with Gasteiger partial charge in [0, 0.05) is 49.7 Å². The molecule has 1 atom stereocenters. The van der Waals surface area contributed by atoms with E-state index in [1.54, 1.807) is 48.8 Å². The number of nitrogens with two attached hydrogens (primary N) is 1. The minimum absolute atomic E-state index is 0.0211. The van der Waals surface area contributed by atoms with E-state index in [2.05, 4.69) is 25.9 Å². The number of hydrogen-bond acceptors (Lipinski definition) is 9. The second-order valence-corrected chi connectivity index (χ2v) is 10.6. The molecule has 16 heteroatoms. The number of aromatic nitrogens is 4. The summed E-state index contributed by atoms with van der Waals surface area (Å²) in [5, 5.41) is 16.9. The van der Waals surface area contributed by atoms with E-state index in [9.17, 15) is 33.9 Å². The van der Waals surface area contributed by atoms with Crippen LogP contribution in [0, 0.1) is 5.41 Å². The first-order valence-electron chi connectivity index (χ1n) is 13.3. The van der Waals surface area contributed by atoms with Crippen molar-refractivity contribution < 1.29 is 33.9 Å². The highest BCUT2D eigenvalue weighted by molar-refractivity contribution is 5.85. The molecule has 2 rings (SSSR count). The molecule has 0 aliphatic heterocycles. The van der Waals surface area contributed by atoms with Crippen LogP contribution < -0.4 is 21.7 Å². The van der Waals surface area contributed by atoms with Crippen LogP contribution in [0.5, 0.6) is 0 Å². The molecule has 0 radical (unpaired) electrons. The molecule has 2 heterocycles. The Kier molecular flexibility index (Phi) is 12.8. The van der Waals surface area contributed by atoms with E-state index < -0.39 is 29.2 Å². The van der Waals surface area contributed by atoms with Gasteiger partial charge in [-0.2, -0.15) is 0 Å². The number of Topliss-reactive ketones (excluding diaryl/α,β-unsaturated/α-hetero) is 1. The summed E-state index contributed by atoms with van der Waals surface area (Å²) in [5.74, 6) is -1.93. The van der Waals surface area contributed by atoms with Gasteiger partial charge in [0.1, 0.15) is 30.8 Å². The van der Waals surface area contributed by atoms with Crippen LogP contribution in [-0.2, 0) is 54.9 Å². The summed E-state index contributed by atoms with van der Waals surface area (Å²) in [4.78, 5) is 81.4. The maximum absolute atomic E-state index is 13.0. The fourth-order valence-corrected chi connectivity index (χ4v) is 3.76. The number of imidazole rings is 2. The lowest BCUT2D eigenvalue weighted by atomic mass is 9.90. The number of amides is 4. The smallest absolute Gasteiger partial charge is 0.326 e. The van der Waals surface area contributed by atoms with Gasteiger partial charge in [0.15, 0.2) is 5.78 Å². The van der Waals surface area contributed by atoms with Gasteiger partial charge in [-0.15, -0.1) is 0 Å².